The van der Waals surface area contributed by atoms with Crippen LogP contribution in [-0.4, -0.2) is 11.8 Å². The van der Waals surface area contributed by atoms with Crippen molar-refractivity contribution >= 4 is 34.8 Å². The second kappa shape index (κ2) is 7.21. The van der Waals surface area contributed by atoms with Crippen molar-refractivity contribution in [2.75, 3.05) is 10.2 Å². The Morgan fingerprint density at radius 3 is 2.44 bits per heavy atom. The van der Waals surface area contributed by atoms with Gasteiger partial charge in [0.25, 0.3) is 11.8 Å². The molecule has 1 aliphatic rings. The van der Waals surface area contributed by atoms with Crippen LogP contribution in [0.5, 0.6) is 0 Å². The normalized spacial score (nSPS) is 16.0. The summed E-state index contributed by atoms with van der Waals surface area (Å²) in [7, 11) is 0. The summed E-state index contributed by atoms with van der Waals surface area (Å²) >= 11 is 5.92. The molecule has 6 heteroatoms. The molecule has 1 aromatic heterocycles. The molecule has 5 nitrogen and oxygen atoms in total. The summed E-state index contributed by atoms with van der Waals surface area (Å²) < 4.78 is 1.81. The highest BCUT2D eigenvalue weighted by Crippen LogP contribution is 2.29. The molecular weight excluding hydrogens is 362 g/mol. The lowest BCUT2D eigenvalue weighted by Gasteiger charge is -2.32. The minimum atomic E-state index is -0.773. The summed E-state index contributed by atoms with van der Waals surface area (Å²) in [5, 5.41) is 3.49. The van der Waals surface area contributed by atoms with E-state index in [0.717, 1.165) is 5.69 Å². The highest BCUT2D eigenvalue weighted by molar-refractivity contribution is 6.30. The Morgan fingerprint density at radius 1 is 1.00 bits per heavy atom. The summed E-state index contributed by atoms with van der Waals surface area (Å²) in [6.45, 7) is 0.190. The zero-order chi connectivity index (χ0) is 18.8. The van der Waals surface area contributed by atoms with Crippen molar-refractivity contribution in [2.24, 2.45) is 0 Å². The van der Waals surface area contributed by atoms with Crippen molar-refractivity contribution in [1.82, 2.24) is 0 Å². The van der Waals surface area contributed by atoms with Crippen LogP contribution in [0.4, 0.5) is 11.4 Å². The van der Waals surface area contributed by atoms with Crippen LogP contribution in [0, 0.1) is 0 Å². The van der Waals surface area contributed by atoms with E-state index in [1.807, 2.05) is 59.3 Å². The van der Waals surface area contributed by atoms with Crippen molar-refractivity contribution < 1.29 is 14.2 Å². The maximum atomic E-state index is 13.2. The Kier molecular flexibility index (Phi) is 4.60. The number of hydrogen-bond acceptors (Lipinski definition) is 2. The van der Waals surface area contributed by atoms with E-state index in [0.29, 0.717) is 16.4 Å². The molecule has 2 heterocycles. The number of nitrogens with zero attached hydrogens (tertiary/aromatic N) is 2. The average Bonchev–Trinajstić information content (AvgIpc) is 2.69. The van der Waals surface area contributed by atoms with Gasteiger partial charge in [-0.1, -0.05) is 35.9 Å². The molecule has 134 valence electrons. The number of halogens is 1. The Bertz CT molecular complexity index is 990. The molecule has 4 rings (SSSR count). The highest BCUT2D eigenvalue weighted by Gasteiger charge is 2.43. The van der Waals surface area contributed by atoms with E-state index in [1.54, 1.807) is 29.2 Å². The van der Waals surface area contributed by atoms with Gasteiger partial charge in [-0.3, -0.25) is 14.5 Å². The van der Waals surface area contributed by atoms with Crippen molar-refractivity contribution in [3.63, 3.8) is 0 Å². The molecule has 1 atom stereocenters. The van der Waals surface area contributed by atoms with Gasteiger partial charge in [-0.2, -0.15) is 4.57 Å². The zero-order valence-corrected chi connectivity index (χ0v) is 15.1. The molecule has 0 aliphatic carbocycles. The van der Waals surface area contributed by atoms with Crippen LogP contribution in [0.2, 0.25) is 5.02 Å². The fourth-order valence-electron chi connectivity index (χ4n) is 3.26. The van der Waals surface area contributed by atoms with E-state index >= 15 is 0 Å². The first-order valence-electron chi connectivity index (χ1n) is 8.55. The Morgan fingerprint density at radius 2 is 1.70 bits per heavy atom. The van der Waals surface area contributed by atoms with Crippen LogP contribution in [0.1, 0.15) is 11.7 Å². The monoisotopic (exact) mass is 378 g/mol. The second-order valence-corrected chi connectivity index (χ2v) is 6.69. The van der Waals surface area contributed by atoms with E-state index in [2.05, 4.69) is 5.32 Å². The van der Waals surface area contributed by atoms with E-state index in [4.69, 9.17) is 11.6 Å². The maximum Gasteiger partial charge on any atom is 0.294 e. The molecule has 2 amide bonds. The van der Waals surface area contributed by atoms with Gasteiger partial charge in [-0.15, -0.1) is 0 Å². The Labute approximate surface area is 161 Å². The smallest absolute Gasteiger partial charge is 0.294 e. The SMILES string of the molecule is O=C(Nc1ccc(Cl)cc1)C1c2cccc[n+]2CC(=O)N1c1ccccc1. The van der Waals surface area contributed by atoms with Gasteiger partial charge in [-0.05, 0) is 36.4 Å². The van der Waals surface area contributed by atoms with Crippen molar-refractivity contribution in [1.29, 1.82) is 0 Å². The largest absolute Gasteiger partial charge is 0.324 e. The Hall–Kier alpha value is -3.18. The average molecular weight is 379 g/mol. The number of hydrogen-bond donors (Lipinski definition) is 1. The molecule has 0 saturated carbocycles. The van der Waals surface area contributed by atoms with Gasteiger partial charge in [0, 0.05) is 28.5 Å². The van der Waals surface area contributed by atoms with Crippen molar-refractivity contribution in [3.8, 4) is 0 Å². The molecule has 1 aliphatic heterocycles. The molecule has 0 bridgehead atoms. The lowest BCUT2D eigenvalue weighted by atomic mass is 10.0. The molecule has 0 radical (unpaired) electrons. The van der Waals surface area contributed by atoms with Crippen molar-refractivity contribution in [3.05, 3.63) is 89.7 Å². The van der Waals surface area contributed by atoms with Gasteiger partial charge < -0.3 is 5.32 Å². The van der Waals surface area contributed by atoms with Crippen LogP contribution in [0.25, 0.3) is 0 Å². The van der Waals surface area contributed by atoms with Gasteiger partial charge in [0.1, 0.15) is 0 Å². The number of fused-ring (bicyclic) bond motifs is 1. The number of carbonyl (C=O) groups is 2. The van der Waals surface area contributed by atoms with E-state index in [1.165, 1.54) is 0 Å². The number of aromatic nitrogens is 1. The fraction of sp³-hybridized carbons (Fsp3) is 0.0952. The topological polar surface area (TPSA) is 53.3 Å². The zero-order valence-electron chi connectivity index (χ0n) is 14.4. The van der Waals surface area contributed by atoms with Gasteiger partial charge in [0.05, 0.1) is 0 Å². The summed E-state index contributed by atoms with van der Waals surface area (Å²) in [5.41, 5.74) is 2.07. The first kappa shape index (κ1) is 17.2. The standard InChI is InChI=1S/C21H16ClN3O2/c22-15-9-11-16(12-10-15)23-21(27)20-18-8-4-5-13-24(18)14-19(26)25(20)17-6-2-1-3-7-17/h1-13,20H,14H2/p+1. The lowest BCUT2D eigenvalue weighted by Crippen LogP contribution is -2.58. The molecule has 0 saturated heterocycles. The van der Waals surface area contributed by atoms with Gasteiger partial charge in [0.2, 0.25) is 18.3 Å². The van der Waals surface area contributed by atoms with Crippen LogP contribution in [-0.2, 0) is 16.1 Å². The highest BCUT2D eigenvalue weighted by atomic mass is 35.5. The van der Waals surface area contributed by atoms with Crippen LogP contribution in [0.3, 0.4) is 0 Å². The predicted molar refractivity (Wildman–Crippen MR) is 103 cm³/mol. The van der Waals surface area contributed by atoms with Gasteiger partial charge in [0.15, 0.2) is 6.20 Å². The summed E-state index contributed by atoms with van der Waals surface area (Å²) in [6, 6.07) is 20.9. The summed E-state index contributed by atoms with van der Waals surface area (Å²) in [5.74, 6) is -0.421. The van der Waals surface area contributed by atoms with E-state index in [9.17, 15) is 9.59 Å². The van der Waals surface area contributed by atoms with Crippen LogP contribution in [0.15, 0.2) is 79.0 Å². The molecule has 27 heavy (non-hydrogen) atoms. The molecule has 0 spiro atoms. The predicted octanol–water partition coefficient (Wildman–Crippen LogP) is 3.35. The Balaban J connectivity index is 1.75. The number of anilines is 2. The maximum absolute atomic E-state index is 13.2. The first-order chi connectivity index (χ1) is 13.1. The number of benzene rings is 2. The number of rotatable bonds is 3. The second-order valence-electron chi connectivity index (χ2n) is 6.25. The van der Waals surface area contributed by atoms with Gasteiger partial charge in [-0.25, -0.2) is 0 Å². The number of amides is 2. The minimum absolute atomic E-state index is 0.138. The van der Waals surface area contributed by atoms with Crippen LogP contribution < -0.4 is 14.8 Å². The number of pyridine rings is 1. The molecular formula is C21H17ClN3O2+. The van der Waals surface area contributed by atoms with E-state index < -0.39 is 6.04 Å². The first-order valence-corrected chi connectivity index (χ1v) is 8.93. The summed E-state index contributed by atoms with van der Waals surface area (Å²) in [4.78, 5) is 27.6. The molecule has 3 aromatic rings. The van der Waals surface area contributed by atoms with Crippen molar-refractivity contribution in [2.45, 2.75) is 12.6 Å². The number of para-hydroxylation sites is 1. The third kappa shape index (κ3) is 3.41. The van der Waals surface area contributed by atoms with Gasteiger partial charge >= 0.3 is 0 Å². The molecule has 0 fully saturated rings. The number of nitrogens with one attached hydrogen (secondary N) is 1. The quantitative estimate of drug-likeness (QED) is 0.710. The lowest BCUT2D eigenvalue weighted by molar-refractivity contribution is -0.695. The summed E-state index contributed by atoms with van der Waals surface area (Å²) in [6.07, 6.45) is 1.82. The molecule has 2 aromatic carbocycles. The number of carbonyl (C=O) groups excluding carboxylic acids is 2. The van der Waals surface area contributed by atoms with Crippen LogP contribution >= 0.6 is 11.6 Å². The third-order valence-corrected chi connectivity index (χ3v) is 4.73. The molecule has 1 unspecified atom stereocenters. The van der Waals surface area contributed by atoms with E-state index in [-0.39, 0.29) is 18.4 Å². The third-order valence-electron chi connectivity index (χ3n) is 4.48. The fourth-order valence-corrected chi connectivity index (χ4v) is 3.38. The molecule has 1 N–H and O–H groups in total. The minimum Gasteiger partial charge on any atom is -0.324 e.